The van der Waals surface area contributed by atoms with Crippen molar-refractivity contribution in [3.8, 4) is 11.1 Å². The maximum Gasteiger partial charge on any atom is 0.407 e. The molecule has 4 rings (SSSR count). The molecule has 1 atom stereocenters. The molecule has 37 heavy (non-hydrogen) atoms. The summed E-state index contributed by atoms with van der Waals surface area (Å²) in [5, 5.41) is 2.63. The van der Waals surface area contributed by atoms with Crippen LogP contribution in [-0.4, -0.2) is 36.1 Å². The molecule has 1 amide bonds. The van der Waals surface area contributed by atoms with E-state index >= 15 is 0 Å². The SMILES string of the molecule is CC(C)(C)OC(=O)C[C@H](NC(=O)OCC1c2ccccc2-c2ccccc21)C(=O)CCc1ccccc1. The lowest BCUT2D eigenvalue weighted by atomic mass is 9.98. The molecule has 3 aromatic rings. The van der Waals surface area contributed by atoms with Gasteiger partial charge in [0.15, 0.2) is 5.78 Å². The van der Waals surface area contributed by atoms with Crippen LogP contribution < -0.4 is 5.32 Å². The number of benzene rings is 3. The van der Waals surface area contributed by atoms with Crippen molar-refractivity contribution in [2.75, 3.05) is 6.61 Å². The number of amides is 1. The van der Waals surface area contributed by atoms with Crippen LogP contribution in [0.2, 0.25) is 0 Å². The Morgan fingerprint density at radius 1 is 0.838 bits per heavy atom. The highest BCUT2D eigenvalue weighted by atomic mass is 16.6. The number of alkyl carbamates (subject to hydrolysis) is 1. The summed E-state index contributed by atoms with van der Waals surface area (Å²) in [7, 11) is 0. The minimum atomic E-state index is -1.03. The number of nitrogens with one attached hydrogen (secondary N) is 1. The van der Waals surface area contributed by atoms with Gasteiger partial charge in [-0.3, -0.25) is 9.59 Å². The third-order valence-electron chi connectivity index (χ3n) is 6.32. The Kier molecular flexibility index (Phi) is 8.07. The summed E-state index contributed by atoms with van der Waals surface area (Å²) in [6.45, 7) is 5.40. The van der Waals surface area contributed by atoms with Crippen molar-refractivity contribution in [3.63, 3.8) is 0 Å². The molecule has 0 saturated carbocycles. The smallest absolute Gasteiger partial charge is 0.407 e. The second-order valence-electron chi connectivity index (χ2n) is 10.3. The van der Waals surface area contributed by atoms with Crippen LogP contribution >= 0.6 is 0 Å². The molecule has 6 nitrogen and oxygen atoms in total. The largest absolute Gasteiger partial charge is 0.460 e. The van der Waals surface area contributed by atoms with Gasteiger partial charge in [0, 0.05) is 12.3 Å². The number of ketones is 1. The van der Waals surface area contributed by atoms with Gasteiger partial charge in [-0.1, -0.05) is 78.9 Å². The van der Waals surface area contributed by atoms with Crippen LogP contribution in [-0.2, 0) is 25.5 Å². The fraction of sp³-hybridized carbons (Fsp3) is 0.323. The van der Waals surface area contributed by atoms with Crippen molar-refractivity contribution in [2.45, 2.75) is 57.6 Å². The quantitative estimate of drug-likeness (QED) is 0.375. The summed E-state index contributed by atoms with van der Waals surface area (Å²) in [5.74, 6) is -0.899. The molecule has 1 aliphatic rings. The number of Topliss-reactive ketones (excluding diaryl/α,β-unsaturated/α-hetero) is 1. The van der Waals surface area contributed by atoms with Crippen molar-refractivity contribution in [1.29, 1.82) is 0 Å². The van der Waals surface area contributed by atoms with Crippen LogP contribution in [0.15, 0.2) is 78.9 Å². The van der Waals surface area contributed by atoms with Gasteiger partial charge in [-0.15, -0.1) is 0 Å². The van der Waals surface area contributed by atoms with Gasteiger partial charge in [0.05, 0.1) is 6.42 Å². The maximum atomic E-state index is 13.1. The fourth-order valence-electron chi connectivity index (χ4n) is 4.66. The number of aryl methyl sites for hydroxylation is 1. The van der Waals surface area contributed by atoms with E-state index in [9.17, 15) is 14.4 Å². The molecule has 192 valence electrons. The normalized spacial score (nSPS) is 13.3. The molecule has 0 unspecified atom stereocenters. The van der Waals surface area contributed by atoms with Gasteiger partial charge in [-0.25, -0.2) is 4.79 Å². The summed E-state index contributed by atoms with van der Waals surface area (Å²) < 4.78 is 11.0. The predicted octanol–water partition coefficient (Wildman–Crippen LogP) is 5.83. The van der Waals surface area contributed by atoms with E-state index in [2.05, 4.69) is 17.4 Å². The number of hydrogen-bond acceptors (Lipinski definition) is 5. The van der Waals surface area contributed by atoms with Crippen LogP contribution in [0.25, 0.3) is 11.1 Å². The Balaban J connectivity index is 1.42. The van der Waals surface area contributed by atoms with E-state index in [0.29, 0.717) is 6.42 Å². The predicted molar refractivity (Wildman–Crippen MR) is 142 cm³/mol. The zero-order valence-electron chi connectivity index (χ0n) is 21.5. The highest BCUT2D eigenvalue weighted by Gasteiger charge is 2.31. The Morgan fingerprint density at radius 2 is 1.41 bits per heavy atom. The first-order valence-corrected chi connectivity index (χ1v) is 12.6. The molecule has 6 heteroatoms. The van der Waals surface area contributed by atoms with Crippen LogP contribution in [0.3, 0.4) is 0 Å². The van der Waals surface area contributed by atoms with Crippen molar-refractivity contribution in [1.82, 2.24) is 5.32 Å². The zero-order valence-corrected chi connectivity index (χ0v) is 21.5. The topological polar surface area (TPSA) is 81.7 Å². The lowest BCUT2D eigenvalue weighted by Gasteiger charge is -2.22. The van der Waals surface area contributed by atoms with Crippen molar-refractivity contribution in [3.05, 3.63) is 95.6 Å². The van der Waals surface area contributed by atoms with Crippen molar-refractivity contribution < 1.29 is 23.9 Å². The van der Waals surface area contributed by atoms with Gasteiger partial charge in [0.25, 0.3) is 0 Å². The van der Waals surface area contributed by atoms with E-state index in [0.717, 1.165) is 27.8 Å². The molecule has 0 aromatic heterocycles. The fourth-order valence-corrected chi connectivity index (χ4v) is 4.66. The molecule has 0 fully saturated rings. The molecule has 0 aliphatic heterocycles. The molecule has 1 N–H and O–H groups in total. The number of fused-ring (bicyclic) bond motifs is 3. The van der Waals surface area contributed by atoms with Gasteiger partial charge in [-0.05, 0) is 55.0 Å². The first kappa shape index (κ1) is 26.1. The number of carbonyl (C=O) groups is 3. The summed E-state index contributed by atoms with van der Waals surface area (Å²) in [4.78, 5) is 38.4. The summed E-state index contributed by atoms with van der Waals surface area (Å²) in [6, 6.07) is 24.7. The summed E-state index contributed by atoms with van der Waals surface area (Å²) >= 11 is 0. The molecule has 3 aromatic carbocycles. The highest BCUT2D eigenvalue weighted by Crippen LogP contribution is 2.44. The molecule has 0 heterocycles. The van der Waals surface area contributed by atoms with E-state index in [1.165, 1.54) is 0 Å². The molecule has 1 aliphatic carbocycles. The lowest BCUT2D eigenvalue weighted by molar-refractivity contribution is -0.156. The Morgan fingerprint density at radius 3 is 2.00 bits per heavy atom. The van der Waals surface area contributed by atoms with Gasteiger partial charge >= 0.3 is 12.1 Å². The van der Waals surface area contributed by atoms with E-state index in [4.69, 9.17) is 9.47 Å². The third kappa shape index (κ3) is 6.85. The van der Waals surface area contributed by atoms with Crippen molar-refractivity contribution in [2.24, 2.45) is 0 Å². The Labute approximate surface area is 218 Å². The second-order valence-corrected chi connectivity index (χ2v) is 10.3. The van der Waals surface area contributed by atoms with E-state index in [-0.39, 0.29) is 31.1 Å². The van der Waals surface area contributed by atoms with Gasteiger partial charge < -0.3 is 14.8 Å². The van der Waals surface area contributed by atoms with E-state index in [1.54, 1.807) is 20.8 Å². The van der Waals surface area contributed by atoms with Crippen LogP contribution in [0.4, 0.5) is 4.79 Å². The Bertz CT molecular complexity index is 1220. The number of esters is 1. The maximum absolute atomic E-state index is 13.1. The van der Waals surface area contributed by atoms with Crippen LogP contribution in [0.1, 0.15) is 56.2 Å². The molecular weight excluding hydrogens is 466 g/mol. The van der Waals surface area contributed by atoms with Gasteiger partial charge in [-0.2, -0.15) is 0 Å². The van der Waals surface area contributed by atoms with Gasteiger partial charge in [0.1, 0.15) is 18.2 Å². The molecule has 0 spiro atoms. The monoisotopic (exact) mass is 499 g/mol. The van der Waals surface area contributed by atoms with E-state index < -0.39 is 23.7 Å². The minimum absolute atomic E-state index is 0.101. The highest BCUT2D eigenvalue weighted by molar-refractivity contribution is 5.91. The van der Waals surface area contributed by atoms with Crippen LogP contribution in [0.5, 0.6) is 0 Å². The molecular formula is C31H33NO5. The zero-order chi connectivity index (χ0) is 26.4. The molecule has 0 bridgehead atoms. The second kappa shape index (κ2) is 11.4. The molecule has 0 radical (unpaired) electrons. The standard InChI is InChI=1S/C31H33NO5/c1-31(2,3)37-29(34)19-27(28(33)18-17-21-11-5-4-6-12-21)32-30(35)36-20-26-24-15-9-7-13-22(24)23-14-8-10-16-25(23)26/h4-16,26-27H,17-20H2,1-3H3,(H,32,35)/t27-/m0/s1. The minimum Gasteiger partial charge on any atom is -0.460 e. The first-order chi connectivity index (χ1) is 17.7. The number of ether oxygens (including phenoxy) is 2. The summed E-state index contributed by atoms with van der Waals surface area (Å²) in [6.07, 6.45) is -0.295. The molecule has 0 saturated heterocycles. The average Bonchev–Trinajstić information content (AvgIpc) is 3.19. The Hall–Kier alpha value is -3.93. The third-order valence-corrected chi connectivity index (χ3v) is 6.32. The summed E-state index contributed by atoms with van der Waals surface area (Å²) in [5.41, 5.74) is 4.77. The number of carbonyl (C=O) groups excluding carboxylic acids is 3. The average molecular weight is 500 g/mol. The lowest BCUT2D eigenvalue weighted by Crippen LogP contribution is -2.44. The van der Waals surface area contributed by atoms with Crippen LogP contribution in [0, 0.1) is 0 Å². The first-order valence-electron chi connectivity index (χ1n) is 12.6. The number of rotatable bonds is 9. The van der Waals surface area contributed by atoms with Crippen molar-refractivity contribution >= 4 is 17.8 Å². The number of hydrogen-bond donors (Lipinski definition) is 1. The van der Waals surface area contributed by atoms with E-state index in [1.807, 2.05) is 66.7 Å². The van der Waals surface area contributed by atoms with Gasteiger partial charge in [0.2, 0.25) is 0 Å².